The molecule has 0 atom stereocenters. The standard InChI is InChI=1S/C18H14O4/c1-2-10-6-7-11-9-15(18(21)22)16-12(14(11)8-10)4-3-5-13(16)17(19)20/h3-9H,2H2,1H3,(H,19,20)(H,21,22). The largest absolute Gasteiger partial charge is 0.478 e. The summed E-state index contributed by atoms with van der Waals surface area (Å²) >= 11 is 0. The van der Waals surface area contributed by atoms with E-state index in [1.54, 1.807) is 18.2 Å². The van der Waals surface area contributed by atoms with Crippen LogP contribution < -0.4 is 0 Å². The third kappa shape index (κ3) is 2.09. The van der Waals surface area contributed by atoms with Gasteiger partial charge in [-0.05, 0) is 40.3 Å². The Morgan fingerprint density at radius 1 is 0.909 bits per heavy atom. The van der Waals surface area contributed by atoms with Crippen LogP contribution in [0.3, 0.4) is 0 Å². The minimum atomic E-state index is -1.13. The Hall–Kier alpha value is -2.88. The van der Waals surface area contributed by atoms with Gasteiger partial charge in [0.1, 0.15) is 0 Å². The lowest BCUT2D eigenvalue weighted by Crippen LogP contribution is -2.04. The number of aromatic carboxylic acids is 2. The summed E-state index contributed by atoms with van der Waals surface area (Å²) in [6.07, 6.45) is 0.858. The monoisotopic (exact) mass is 294 g/mol. The number of hydrogen-bond donors (Lipinski definition) is 2. The van der Waals surface area contributed by atoms with Crippen LogP contribution in [-0.2, 0) is 6.42 Å². The summed E-state index contributed by atoms with van der Waals surface area (Å²) in [6.45, 7) is 2.04. The van der Waals surface area contributed by atoms with Gasteiger partial charge in [-0.2, -0.15) is 0 Å². The first-order valence-electron chi connectivity index (χ1n) is 6.98. The molecule has 4 nitrogen and oxygen atoms in total. The lowest BCUT2D eigenvalue weighted by Gasteiger charge is -2.11. The minimum absolute atomic E-state index is 0.0127. The molecule has 0 bridgehead atoms. The van der Waals surface area contributed by atoms with Gasteiger partial charge in [-0.15, -0.1) is 0 Å². The van der Waals surface area contributed by atoms with Crippen molar-refractivity contribution in [1.29, 1.82) is 0 Å². The molecule has 0 fully saturated rings. The molecule has 2 N–H and O–H groups in total. The fourth-order valence-corrected chi connectivity index (χ4v) is 2.82. The molecule has 0 saturated carbocycles. The molecule has 110 valence electrons. The molecule has 4 heteroatoms. The van der Waals surface area contributed by atoms with Crippen molar-refractivity contribution < 1.29 is 19.8 Å². The topological polar surface area (TPSA) is 74.6 Å². The number of rotatable bonds is 3. The lowest BCUT2D eigenvalue weighted by atomic mass is 9.92. The fraction of sp³-hybridized carbons (Fsp3) is 0.111. The quantitative estimate of drug-likeness (QED) is 0.717. The van der Waals surface area contributed by atoms with Crippen LogP contribution in [0, 0.1) is 0 Å². The van der Waals surface area contributed by atoms with Crippen LogP contribution in [-0.4, -0.2) is 22.2 Å². The highest BCUT2D eigenvalue weighted by molar-refractivity contribution is 6.20. The average molecular weight is 294 g/mol. The van der Waals surface area contributed by atoms with Crippen molar-refractivity contribution in [2.75, 3.05) is 0 Å². The molecular formula is C18H14O4. The predicted molar refractivity (Wildman–Crippen MR) is 84.8 cm³/mol. The van der Waals surface area contributed by atoms with Crippen molar-refractivity contribution in [2.24, 2.45) is 0 Å². The molecule has 0 amide bonds. The Balaban J connectivity index is 2.57. The van der Waals surface area contributed by atoms with Crippen molar-refractivity contribution in [3.8, 4) is 0 Å². The molecule has 0 radical (unpaired) electrons. The predicted octanol–water partition coefficient (Wildman–Crippen LogP) is 3.95. The molecule has 0 heterocycles. The highest BCUT2D eigenvalue weighted by Crippen LogP contribution is 2.32. The van der Waals surface area contributed by atoms with Gasteiger partial charge in [0, 0.05) is 5.39 Å². The molecule has 3 rings (SSSR count). The van der Waals surface area contributed by atoms with Crippen molar-refractivity contribution in [1.82, 2.24) is 0 Å². The minimum Gasteiger partial charge on any atom is -0.478 e. The zero-order valence-electron chi connectivity index (χ0n) is 12.0. The van der Waals surface area contributed by atoms with Crippen molar-refractivity contribution in [2.45, 2.75) is 13.3 Å². The summed E-state index contributed by atoms with van der Waals surface area (Å²) in [4.78, 5) is 23.0. The number of benzene rings is 3. The van der Waals surface area contributed by atoms with Crippen LogP contribution in [0.25, 0.3) is 21.5 Å². The van der Waals surface area contributed by atoms with E-state index >= 15 is 0 Å². The van der Waals surface area contributed by atoms with Crippen LogP contribution in [0.1, 0.15) is 33.2 Å². The molecule has 0 aliphatic heterocycles. The summed E-state index contributed by atoms with van der Waals surface area (Å²) in [7, 11) is 0. The Kier molecular flexibility index (Phi) is 3.29. The number of carboxylic acid groups (broad SMARTS) is 2. The van der Waals surface area contributed by atoms with E-state index in [1.165, 1.54) is 6.07 Å². The molecule has 3 aromatic rings. The lowest BCUT2D eigenvalue weighted by molar-refractivity contribution is 0.0695. The zero-order valence-corrected chi connectivity index (χ0v) is 12.0. The molecule has 22 heavy (non-hydrogen) atoms. The van der Waals surface area contributed by atoms with Crippen LogP contribution in [0.2, 0.25) is 0 Å². The van der Waals surface area contributed by atoms with Gasteiger partial charge in [0.2, 0.25) is 0 Å². The smallest absolute Gasteiger partial charge is 0.336 e. The summed E-state index contributed by atoms with van der Waals surface area (Å²) in [5.41, 5.74) is 1.15. The molecule has 3 aromatic carbocycles. The second kappa shape index (κ2) is 5.15. The molecular weight excluding hydrogens is 280 g/mol. The second-order valence-electron chi connectivity index (χ2n) is 5.17. The van der Waals surface area contributed by atoms with Gasteiger partial charge >= 0.3 is 11.9 Å². The van der Waals surface area contributed by atoms with E-state index in [9.17, 15) is 19.8 Å². The number of carboxylic acids is 2. The first kappa shape index (κ1) is 14.1. The van der Waals surface area contributed by atoms with Crippen molar-refractivity contribution >= 4 is 33.5 Å². The van der Waals surface area contributed by atoms with Crippen LogP contribution in [0.15, 0.2) is 42.5 Å². The third-order valence-corrected chi connectivity index (χ3v) is 3.91. The van der Waals surface area contributed by atoms with Gasteiger partial charge in [-0.25, -0.2) is 9.59 Å². The number of aryl methyl sites for hydroxylation is 1. The van der Waals surface area contributed by atoms with Crippen molar-refractivity contribution in [3.63, 3.8) is 0 Å². The van der Waals surface area contributed by atoms with E-state index in [4.69, 9.17) is 0 Å². The normalized spacial score (nSPS) is 11.0. The Morgan fingerprint density at radius 3 is 2.27 bits per heavy atom. The third-order valence-electron chi connectivity index (χ3n) is 3.91. The number of fused-ring (bicyclic) bond motifs is 3. The summed E-state index contributed by atoms with van der Waals surface area (Å²) in [5.74, 6) is -2.25. The van der Waals surface area contributed by atoms with E-state index in [-0.39, 0.29) is 16.5 Å². The zero-order chi connectivity index (χ0) is 15.9. The van der Waals surface area contributed by atoms with E-state index in [0.29, 0.717) is 5.39 Å². The van der Waals surface area contributed by atoms with Gasteiger partial charge in [0.25, 0.3) is 0 Å². The Bertz CT molecular complexity index is 925. The maximum atomic E-state index is 11.6. The maximum absolute atomic E-state index is 11.6. The highest BCUT2D eigenvalue weighted by atomic mass is 16.4. The number of hydrogen-bond acceptors (Lipinski definition) is 2. The van der Waals surface area contributed by atoms with Gasteiger partial charge < -0.3 is 10.2 Å². The molecule has 0 saturated heterocycles. The number of carbonyl (C=O) groups is 2. The molecule has 0 aromatic heterocycles. The van der Waals surface area contributed by atoms with E-state index in [2.05, 4.69) is 0 Å². The highest BCUT2D eigenvalue weighted by Gasteiger charge is 2.18. The van der Waals surface area contributed by atoms with Gasteiger partial charge in [0.15, 0.2) is 0 Å². The van der Waals surface area contributed by atoms with Crippen LogP contribution in [0.4, 0.5) is 0 Å². The van der Waals surface area contributed by atoms with E-state index in [0.717, 1.165) is 22.8 Å². The Morgan fingerprint density at radius 2 is 1.64 bits per heavy atom. The maximum Gasteiger partial charge on any atom is 0.336 e. The average Bonchev–Trinajstić information content (AvgIpc) is 2.52. The molecule has 0 unspecified atom stereocenters. The summed E-state index contributed by atoms with van der Waals surface area (Å²) < 4.78 is 0. The SMILES string of the molecule is CCc1ccc2cc(C(=O)O)c3c(C(=O)O)cccc3c2c1. The van der Waals surface area contributed by atoms with Crippen LogP contribution >= 0.6 is 0 Å². The van der Waals surface area contributed by atoms with Crippen molar-refractivity contribution in [3.05, 3.63) is 59.2 Å². The molecule has 0 aliphatic rings. The van der Waals surface area contributed by atoms with Crippen LogP contribution in [0.5, 0.6) is 0 Å². The first-order valence-corrected chi connectivity index (χ1v) is 6.98. The molecule has 0 aliphatic carbocycles. The molecule has 0 spiro atoms. The van der Waals surface area contributed by atoms with E-state index in [1.807, 2.05) is 25.1 Å². The summed E-state index contributed by atoms with van der Waals surface area (Å²) in [5, 5.41) is 21.4. The Labute approximate surface area is 126 Å². The summed E-state index contributed by atoms with van der Waals surface area (Å²) in [6, 6.07) is 12.2. The van der Waals surface area contributed by atoms with E-state index < -0.39 is 11.9 Å². The first-order chi connectivity index (χ1) is 10.5. The second-order valence-corrected chi connectivity index (χ2v) is 5.17. The van der Waals surface area contributed by atoms with Gasteiger partial charge in [-0.1, -0.05) is 37.3 Å². The van der Waals surface area contributed by atoms with Gasteiger partial charge in [-0.3, -0.25) is 0 Å². The van der Waals surface area contributed by atoms with Gasteiger partial charge in [0.05, 0.1) is 11.1 Å². The fourth-order valence-electron chi connectivity index (χ4n) is 2.82.